The number of sulfonamides is 1. The Morgan fingerprint density at radius 3 is 1.89 bits per heavy atom. The topological polar surface area (TPSA) is 204 Å². The van der Waals surface area contributed by atoms with Crippen molar-refractivity contribution in [2.75, 3.05) is 19.4 Å². The van der Waals surface area contributed by atoms with Crippen LogP contribution in [0.3, 0.4) is 0 Å². The van der Waals surface area contributed by atoms with Gasteiger partial charge in [-0.2, -0.15) is 10.5 Å². The fraction of sp³-hybridized carbons (Fsp3) is 0.229. The minimum absolute atomic E-state index is 0.0238. The zero-order valence-corrected chi connectivity index (χ0v) is 29.0. The minimum Gasteiger partial charge on any atom is -0.457 e. The maximum Gasteiger partial charge on any atom is 0.281 e. The van der Waals surface area contributed by atoms with Crippen molar-refractivity contribution in [3.63, 3.8) is 0 Å². The molecular weight excluding hydrogens is 747 g/mol. The average Bonchev–Trinajstić information content (AvgIpc) is 3.59. The first-order valence-electron chi connectivity index (χ1n) is 15.4. The SMILES string of the molecule is CS(=O)(=O)c1ccc(Oc2cc(F)cc(C#N)c2)c2c1C(=O)CC2.N#Cc1cc(F)cc(Oc2ccc(S(=O)(=O)NCCO)c3c2CC(F)(F)[C@H]3O)c1. The van der Waals surface area contributed by atoms with Crippen LogP contribution in [0.4, 0.5) is 17.6 Å². The fourth-order valence-corrected chi connectivity index (χ4v) is 8.00. The molecule has 2 aliphatic rings. The summed E-state index contributed by atoms with van der Waals surface area (Å²) < 4.78 is 117. The molecule has 6 rings (SSSR count). The second kappa shape index (κ2) is 14.9. The lowest BCUT2D eigenvalue weighted by Crippen LogP contribution is -2.28. The van der Waals surface area contributed by atoms with Gasteiger partial charge < -0.3 is 19.7 Å². The maximum absolute atomic E-state index is 14.2. The Bertz CT molecular complexity index is 2450. The van der Waals surface area contributed by atoms with Gasteiger partial charge in [0, 0.05) is 60.0 Å². The highest BCUT2D eigenvalue weighted by Crippen LogP contribution is 2.49. The predicted molar refractivity (Wildman–Crippen MR) is 177 cm³/mol. The van der Waals surface area contributed by atoms with Crippen molar-refractivity contribution in [3.8, 4) is 35.1 Å². The molecule has 0 radical (unpaired) electrons. The van der Waals surface area contributed by atoms with Crippen LogP contribution < -0.4 is 14.2 Å². The van der Waals surface area contributed by atoms with Crippen molar-refractivity contribution >= 4 is 25.6 Å². The normalized spacial score (nSPS) is 15.7. The molecule has 3 N–H and O–H groups in total. The second-order valence-corrected chi connectivity index (χ2v) is 15.5. The molecule has 4 aromatic rings. The summed E-state index contributed by atoms with van der Waals surface area (Å²) in [5.74, 6) is -5.26. The average molecular weight is 774 g/mol. The standard InChI is InChI=1S/C18H15F3N2O5S.C17H12FNO4S/c19-11-5-10(9-22)6-12(7-11)28-14-1-2-15(29(26,27)23-3-4-24)16-13(14)8-18(20,21)17(16)25;1-24(21,22)16-5-4-15(13-2-3-14(20)17(13)16)23-12-7-10(9-19)6-11(18)8-12/h1-2,5-7,17,23-25H,3-4,8H2;4-8H,2-3H2,1H3/t17-;/m0./s1. The molecule has 0 saturated heterocycles. The maximum atomic E-state index is 14.2. The Kier molecular flexibility index (Phi) is 10.9. The van der Waals surface area contributed by atoms with Crippen LogP contribution in [0.5, 0.6) is 23.0 Å². The van der Waals surface area contributed by atoms with Gasteiger partial charge in [-0.05, 0) is 55.0 Å². The van der Waals surface area contributed by atoms with Gasteiger partial charge in [0.1, 0.15) is 40.7 Å². The van der Waals surface area contributed by atoms with E-state index < -0.39 is 67.0 Å². The Hall–Kier alpha value is -5.37. The summed E-state index contributed by atoms with van der Waals surface area (Å²) in [6.07, 6.45) is -1.80. The van der Waals surface area contributed by atoms with Gasteiger partial charge in [-0.15, -0.1) is 0 Å². The number of rotatable bonds is 9. The number of ether oxygens (including phenoxy) is 2. The molecule has 0 heterocycles. The van der Waals surface area contributed by atoms with Crippen LogP contribution in [0.1, 0.15) is 50.7 Å². The number of carbonyl (C=O) groups is 1. The molecule has 0 unspecified atom stereocenters. The van der Waals surface area contributed by atoms with Gasteiger partial charge in [-0.25, -0.2) is 39.1 Å². The summed E-state index contributed by atoms with van der Waals surface area (Å²) in [5.41, 5.74) is -0.107. The molecule has 0 aliphatic heterocycles. The van der Waals surface area contributed by atoms with Crippen molar-refractivity contribution in [1.82, 2.24) is 4.72 Å². The summed E-state index contributed by atoms with van der Waals surface area (Å²) in [6, 6.07) is 15.1. The van der Waals surface area contributed by atoms with Gasteiger partial charge in [-0.3, -0.25) is 4.79 Å². The zero-order chi connectivity index (χ0) is 38.9. The number of carbonyl (C=O) groups excluding carboxylic acids is 1. The van der Waals surface area contributed by atoms with Crippen molar-refractivity contribution < 1.29 is 58.9 Å². The number of nitriles is 2. The number of fused-ring (bicyclic) bond motifs is 2. The van der Waals surface area contributed by atoms with Crippen LogP contribution >= 0.6 is 0 Å². The van der Waals surface area contributed by atoms with E-state index in [1.165, 1.54) is 24.3 Å². The van der Waals surface area contributed by atoms with Crippen LogP contribution in [0, 0.1) is 34.3 Å². The van der Waals surface area contributed by atoms with Gasteiger partial charge in [0.15, 0.2) is 15.6 Å². The molecule has 0 amide bonds. The van der Waals surface area contributed by atoms with E-state index in [2.05, 4.69) is 0 Å². The van der Waals surface area contributed by atoms with Gasteiger partial charge in [0.05, 0.1) is 39.7 Å². The number of hydrogen-bond acceptors (Lipinski definition) is 11. The molecule has 276 valence electrons. The van der Waals surface area contributed by atoms with Crippen molar-refractivity contribution in [3.05, 3.63) is 106 Å². The van der Waals surface area contributed by atoms with E-state index in [1.54, 1.807) is 6.07 Å². The van der Waals surface area contributed by atoms with Gasteiger partial charge in [0.2, 0.25) is 10.0 Å². The number of nitrogens with zero attached hydrogens (tertiary/aromatic N) is 2. The van der Waals surface area contributed by atoms with Crippen LogP contribution in [0.25, 0.3) is 0 Å². The lowest BCUT2D eigenvalue weighted by Gasteiger charge is -2.17. The highest BCUT2D eigenvalue weighted by molar-refractivity contribution is 7.90. The molecule has 0 aromatic heterocycles. The molecule has 53 heavy (non-hydrogen) atoms. The Balaban J connectivity index is 0.000000208. The summed E-state index contributed by atoms with van der Waals surface area (Å²) in [6.45, 7) is -0.857. The quantitative estimate of drug-likeness (QED) is 0.193. The third-order valence-corrected chi connectivity index (χ3v) is 10.7. The van der Waals surface area contributed by atoms with E-state index in [0.717, 1.165) is 42.7 Å². The van der Waals surface area contributed by atoms with Gasteiger partial charge in [0.25, 0.3) is 5.92 Å². The Morgan fingerprint density at radius 2 is 1.38 bits per heavy atom. The van der Waals surface area contributed by atoms with E-state index in [0.29, 0.717) is 12.0 Å². The highest BCUT2D eigenvalue weighted by Gasteiger charge is 2.50. The summed E-state index contributed by atoms with van der Waals surface area (Å²) in [7, 11) is -7.85. The number of aliphatic hydroxyl groups is 2. The number of nitrogens with one attached hydrogen (secondary N) is 1. The largest absolute Gasteiger partial charge is 0.457 e. The second-order valence-electron chi connectivity index (χ2n) is 11.8. The monoisotopic (exact) mass is 773 g/mol. The minimum atomic E-state index is -4.30. The number of aliphatic hydroxyl groups excluding tert-OH is 2. The number of alkyl halides is 2. The van der Waals surface area contributed by atoms with E-state index in [-0.39, 0.29) is 68.9 Å². The molecule has 0 bridgehead atoms. The molecule has 1 atom stereocenters. The molecule has 18 heteroatoms. The molecule has 0 spiro atoms. The summed E-state index contributed by atoms with van der Waals surface area (Å²) >= 11 is 0. The first-order chi connectivity index (χ1) is 24.9. The molecule has 0 fully saturated rings. The van der Waals surface area contributed by atoms with Gasteiger partial charge in [-0.1, -0.05) is 0 Å². The Morgan fingerprint density at radius 1 is 0.849 bits per heavy atom. The van der Waals surface area contributed by atoms with Crippen molar-refractivity contribution in [2.24, 2.45) is 0 Å². The lowest BCUT2D eigenvalue weighted by atomic mass is 10.1. The van der Waals surface area contributed by atoms with Crippen LogP contribution in [0.15, 0.2) is 70.5 Å². The first kappa shape index (κ1) is 38.9. The molecule has 4 aromatic carbocycles. The van der Waals surface area contributed by atoms with Crippen molar-refractivity contribution in [2.45, 2.75) is 41.1 Å². The van der Waals surface area contributed by atoms with E-state index in [4.69, 9.17) is 25.1 Å². The van der Waals surface area contributed by atoms with E-state index in [9.17, 15) is 44.3 Å². The van der Waals surface area contributed by atoms with Gasteiger partial charge >= 0.3 is 0 Å². The van der Waals surface area contributed by atoms with E-state index in [1.807, 2.05) is 10.8 Å². The van der Waals surface area contributed by atoms with Crippen LogP contribution in [0.2, 0.25) is 0 Å². The number of Topliss-reactive ketones (excluding diaryl/α,β-unsaturated/α-hetero) is 1. The van der Waals surface area contributed by atoms with E-state index >= 15 is 0 Å². The number of hydrogen-bond donors (Lipinski definition) is 3. The lowest BCUT2D eigenvalue weighted by molar-refractivity contribution is -0.0976. The summed E-state index contributed by atoms with van der Waals surface area (Å²) in [5, 5.41) is 36.7. The smallest absolute Gasteiger partial charge is 0.281 e. The molecular formula is C35H27F4N3O9S2. The third-order valence-electron chi connectivity index (χ3n) is 8.02. The van der Waals surface area contributed by atoms with Crippen LogP contribution in [-0.2, 0) is 32.7 Å². The third kappa shape index (κ3) is 8.32. The number of halogens is 4. The number of benzene rings is 4. The first-order valence-corrected chi connectivity index (χ1v) is 18.7. The molecule has 2 aliphatic carbocycles. The summed E-state index contributed by atoms with van der Waals surface area (Å²) in [4.78, 5) is 11.5. The number of ketones is 1. The molecule has 12 nitrogen and oxygen atoms in total. The number of sulfone groups is 1. The Labute approximate surface area is 300 Å². The predicted octanol–water partition coefficient (Wildman–Crippen LogP) is 5.01. The van der Waals surface area contributed by atoms with Crippen LogP contribution in [-0.4, -0.2) is 58.2 Å². The zero-order valence-electron chi connectivity index (χ0n) is 27.4. The molecule has 0 saturated carbocycles. The highest BCUT2D eigenvalue weighted by atomic mass is 32.2. The fourth-order valence-electron chi connectivity index (χ4n) is 5.79. The van der Waals surface area contributed by atoms with Crippen molar-refractivity contribution in [1.29, 1.82) is 10.5 Å².